The number of aliphatic hydroxyl groups is 1. The van der Waals surface area contributed by atoms with Gasteiger partial charge in [0.1, 0.15) is 5.65 Å². The van der Waals surface area contributed by atoms with Gasteiger partial charge >= 0.3 is 0 Å². The van der Waals surface area contributed by atoms with Gasteiger partial charge in [-0.25, -0.2) is 4.98 Å². The van der Waals surface area contributed by atoms with Crippen LogP contribution in [0.2, 0.25) is 0 Å². The molecule has 15 heavy (non-hydrogen) atoms. The summed E-state index contributed by atoms with van der Waals surface area (Å²) in [5.41, 5.74) is 2.79. The van der Waals surface area contributed by atoms with E-state index in [9.17, 15) is 5.11 Å². The first kappa shape index (κ1) is 10.2. The fraction of sp³-hybridized carbons (Fsp3) is 0.417. The maximum Gasteiger partial charge on any atom is 0.137 e. The van der Waals surface area contributed by atoms with Crippen molar-refractivity contribution in [3.8, 4) is 0 Å². The van der Waals surface area contributed by atoms with E-state index in [1.54, 1.807) is 6.92 Å². The van der Waals surface area contributed by atoms with Crippen LogP contribution in [0.25, 0.3) is 5.65 Å². The maximum absolute atomic E-state index is 9.68. The number of rotatable bonds is 2. The second-order valence-corrected chi connectivity index (χ2v) is 4.14. The SMILES string of the molecule is CC(C)c1c(C(C)O)nc2ccccn12. The number of aromatic nitrogens is 2. The summed E-state index contributed by atoms with van der Waals surface area (Å²) in [5.74, 6) is 0.354. The Hall–Kier alpha value is -1.35. The lowest BCUT2D eigenvalue weighted by Crippen LogP contribution is -2.01. The van der Waals surface area contributed by atoms with Gasteiger partial charge in [-0.05, 0) is 25.0 Å². The number of hydrogen-bond donors (Lipinski definition) is 1. The van der Waals surface area contributed by atoms with Crippen LogP contribution in [0.4, 0.5) is 0 Å². The van der Waals surface area contributed by atoms with E-state index in [1.165, 1.54) is 0 Å². The van der Waals surface area contributed by atoms with Crippen LogP contribution in [-0.2, 0) is 0 Å². The first-order valence-electron chi connectivity index (χ1n) is 5.26. The summed E-state index contributed by atoms with van der Waals surface area (Å²) in [6.45, 7) is 5.98. The Morgan fingerprint density at radius 2 is 2.00 bits per heavy atom. The Labute approximate surface area is 89.4 Å². The molecule has 2 heterocycles. The van der Waals surface area contributed by atoms with Crippen LogP contribution in [0.1, 0.15) is 44.2 Å². The Morgan fingerprint density at radius 1 is 1.27 bits per heavy atom. The molecule has 0 saturated carbocycles. The highest BCUT2D eigenvalue weighted by molar-refractivity contribution is 5.44. The molecule has 0 amide bonds. The molecule has 0 aliphatic rings. The summed E-state index contributed by atoms with van der Waals surface area (Å²) in [7, 11) is 0. The molecule has 0 spiro atoms. The zero-order valence-corrected chi connectivity index (χ0v) is 9.31. The van der Waals surface area contributed by atoms with E-state index >= 15 is 0 Å². The van der Waals surface area contributed by atoms with E-state index in [4.69, 9.17) is 0 Å². The quantitative estimate of drug-likeness (QED) is 0.816. The van der Waals surface area contributed by atoms with E-state index in [1.807, 2.05) is 28.8 Å². The Kier molecular flexibility index (Phi) is 2.49. The van der Waals surface area contributed by atoms with E-state index in [-0.39, 0.29) is 0 Å². The van der Waals surface area contributed by atoms with Gasteiger partial charge in [0.25, 0.3) is 0 Å². The highest BCUT2D eigenvalue weighted by atomic mass is 16.3. The third-order valence-corrected chi connectivity index (χ3v) is 2.54. The molecule has 1 unspecified atom stereocenters. The molecule has 80 valence electrons. The van der Waals surface area contributed by atoms with Crippen LogP contribution in [0.3, 0.4) is 0 Å². The normalized spacial score (nSPS) is 13.7. The number of nitrogens with zero attached hydrogens (tertiary/aromatic N) is 2. The highest BCUT2D eigenvalue weighted by Crippen LogP contribution is 2.25. The summed E-state index contributed by atoms with van der Waals surface area (Å²) in [4.78, 5) is 4.45. The van der Waals surface area contributed by atoms with E-state index in [0.717, 1.165) is 17.0 Å². The van der Waals surface area contributed by atoms with Crippen molar-refractivity contribution in [2.75, 3.05) is 0 Å². The van der Waals surface area contributed by atoms with Gasteiger partial charge in [-0.15, -0.1) is 0 Å². The average molecular weight is 204 g/mol. The Bertz CT molecular complexity index is 471. The fourth-order valence-electron chi connectivity index (χ4n) is 1.91. The monoisotopic (exact) mass is 204 g/mol. The molecule has 0 saturated heterocycles. The third-order valence-electron chi connectivity index (χ3n) is 2.54. The number of imidazole rings is 1. The molecule has 2 aromatic heterocycles. The molecule has 2 rings (SSSR count). The van der Waals surface area contributed by atoms with Gasteiger partial charge in [0, 0.05) is 6.20 Å². The molecule has 0 fully saturated rings. The first-order valence-corrected chi connectivity index (χ1v) is 5.26. The van der Waals surface area contributed by atoms with E-state index in [2.05, 4.69) is 18.8 Å². The summed E-state index contributed by atoms with van der Waals surface area (Å²) in [6.07, 6.45) is 1.48. The van der Waals surface area contributed by atoms with Crippen LogP contribution >= 0.6 is 0 Å². The number of hydrogen-bond acceptors (Lipinski definition) is 2. The van der Waals surface area contributed by atoms with Gasteiger partial charge in [0.05, 0.1) is 17.5 Å². The van der Waals surface area contributed by atoms with Gasteiger partial charge < -0.3 is 9.51 Å². The van der Waals surface area contributed by atoms with E-state index in [0.29, 0.717) is 5.92 Å². The van der Waals surface area contributed by atoms with Gasteiger partial charge in [-0.2, -0.15) is 0 Å². The molecular formula is C12H16N2O. The predicted octanol–water partition coefficient (Wildman–Crippen LogP) is 2.51. The van der Waals surface area contributed by atoms with Crippen molar-refractivity contribution in [3.63, 3.8) is 0 Å². The topological polar surface area (TPSA) is 37.5 Å². The molecule has 3 nitrogen and oxygen atoms in total. The van der Waals surface area contributed by atoms with Gasteiger partial charge in [-0.1, -0.05) is 19.9 Å². The average Bonchev–Trinajstić information content (AvgIpc) is 2.56. The fourth-order valence-corrected chi connectivity index (χ4v) is 1.91. The number of pyridine rings is 1. The van der Waals surface area contributed by atoms with E-state index < -0.39 is 6.10 Å². The van der Waals surface area contributed by atoms with Crippen molar-refractivity contribution >= 4 is 5.65 Å². The second-order valence-electron chi connectivity index (χ2n) is 4.14. The maximum atomic E-state index is 9.68. The molecule has 0 aliphatic heterocycles. The first-order chi connectivity index (χ1) is 7.11. The van der Waals surface area contributed by atoms with Crippen molar-refractivity contribution in [1.82, 2.24) is 9.38 Å². The van der Waals surface area contributed by atoms with Crippen LogP contribution in [0.5, 0.6) is 0 Å². The molecule has 0 aromatic carbocycles. The molecule has 0 bridgehead atoms. The van der Waals surface area contributed by atoms with Crippen molar-refractivity contribution in [1.29, 1.82) is 0 Å². The second kappa shape index (κ2) is 3.66. The summed E-state index contributed by atoms with van der Waals surface area (Å²) >= 11 is 0. The zero-order valence-electron chi connectivity index (χ0n) is 9.31. The zero-order chi connectivity index (χ0) is 11.0. The van der Waals surface area contributed by atoms with Crippen molar-refractivity contribution in [3.05, 3.63) is 35.8 Å². The minimum atomic E-state index is -0.512. The van der Waals surface area contributed by atoms with Crippen molar-refractivity contribution in [2.24, 2.45) is 0 Å². The number of aliphatic hydroxyl groups excluding tert-OH is 1. The van der Waals surface area contributed by atoms with Gasteiger partial charge in [-0.3, -0.25) is 0 Å². The predicted molar refractivity (Wildman–Crippen MR) is 59.9 cm³/mol. The van der Waals surface area contributed by atoms with Crippen LogP contribution in [0, 0.1) is 0 Å². The van der Waals surface area contributed by atoms with Crippen LogP contribution < -0.4 is 0 Å². The van der Waals surface area contributed by atoms with Crippen LogP contribution in [0.15, 0.2) is 24.4 Å². The Morgan fingerprint density at radius 3 is 2.60 bits per heavy atom. The molecular weight excluding hydrogens is 188 g/mol. The smallest absolute Gasteiger partial charge is 0.137 e. The lowest BCUT2D eigenvalue weighted by molar-refractivity contribution is 0.193. The summed E-state index contributed by atoms with van der Waals surface area (Å²) in [6, 6.07) is 5.89. The molecule has 1 N–H and O–H groups in total. The van der Waals surface area contributed by atoms with Crippen molar-refractivity contribution in [2.45, 2.75) is 32.8 Å². The van der Waals surface area contributed by atoms with Crippen LogP contribution in [-0.4, -0.2) is 14.5 Å². The molecule has 1 atom stereocenters. The summed E-state index contributed by atoms with van der Waals surface area (Å²) < 4.78 is 2.05. The van der Waals surface area contributed by atoms with Crippen molar-refractivity contribution < 1.29 is 5.11 Å². The number of fused-ring (bicyclic) bond motifs is 1. The minimum absolute atomic E-state index is 0.354. The van der Waals surface area contributed by atoms with Gasteiger partial charge in [0.15, 0.2) is 0 Å². The molecule has 0 aliphatic carbocycles. The highest BCUT2D eigenvalue weighted by Gasteiger charge is 2.17. The summed E-state index contributed by atoms with van der Waals surface area (Å²) in [5, 5.41) is 9.68. The minimum Gasteiger partial charge on any atom is -0.387 e. The molecule has 0 radical (unpaired) electrons. The molecule has 3 heteroatoms. The lowest BCUT2D eigenvalue weighted by atomic mass is 10.1. The lowest BCUT2D eigenvalue weighted by Gasteiger charge is -2.09. The third kappa shape index (κ3) is 1.63. The van der Waals surface area contributed by atoms with Gasteiger partial charge in [0.2, 0.25) is 0 Å². The largest absolute Gasteiger partial charge is 0.387 e. The Balaban J connectivity index is 2.75. The molecule has 2 aromatic rings. The standard InChI is InChI=1S/C12H16N2O/c1-8(2)12-11(9(3)15)13-10-6-4-5-7-14(10)12/h4-9,15H,1-3H3.